The summed E-state index contributed by atoms with van der Waals surface area (Å²) >= 11 is 0. The number of para-hydroxylation sites is 2. The molecule has 0 bridgehead atoms. The Morgan fingerprint density at radius 1 is 1.10 bits per heavy atom. The van der Waals surface area contributed by atoms with Crippen molar-refractivity contribution in [3.8, 4) is 17.2 Å². The molecule has 8 heteroatoms. The Balaban J connectivity index is 0.00000320. The molecular weight excluding hydrogens is 495 g/mol. The molecule has 1 heterocycles. The lowest BCUT2D eigenvalue weighted by atomic mass is 10.2. The Bertz CT molecular complexity index is 839. The number of halogens is 1. The van der Waals surface area contributed by atoms with Crippen LogP contribution >= 0.6 is 24.0 Å². The molecule has 0 saturated carbocycles. The van der Waals surface area contributed by atoms with E-state index in [9.17, 15) is 5.11 Å². The highest BCUT2D eigenvalue weighted by molar-refractivity contribution is 14.0. The van der Waals surface area contributed by atoms with Gasteiger partial charge in [0.15, 0.2) is 17.5 Å². The van der Waals surface area contributed by atoms with E-state index in [1.54, 1.807) is 20.2 Å². The number of guanidine groups is 1. The number of hydrogen-bond donors (Lipinski definition) is 2. The van der Waals surface area contributed by atoms with Gasteiger partial charge in [-0.05, 0) is 36.8 Å². The Hall–Kier alpha value is -2.36. The maximum absolute atomic E-state index is 10.1. The smallest absolute Gasteiger partial charge is 0.194 e. The highest BCUT2D eigenvalue weighted by Crippen LogP contribution is 2.28. The maximum atomic E-state index is 10.1. The van der Waals surface area contributed by atoms with Crippen molar-refractivity contribution in [1.82, 2.24) is 10.2 Å². The Labute approximate surface area is 195 Å². The lowest BCUT2D eigenvalue weighted by Crippen LogP contribution is -2.52. The maximum Gasteiger partial charge on any atom is 0.194 e. The van der Waals surface area contributed by atoms with Gasteiger partial charge in [0.2, 0.25) is 0 Å². The topological polar surface area (TPSA) is 69.6 Å². The highest BCUT2D eigenvalue weighted by Gasteiger charge is 2.21. The van der Waals surface area contributed by atoms with Crippen LogP contribution in [0.5, 0.6) is 17.2 Å². The lowest BCUT2D eigenvalue weighted by molar-refractivity contribution is 0.310. The molecule has 1 saturated heterocycles. The van der Waals surface area contributed by atoms with Gasteiger partial charge in [-0.15, -0.1) is 24.0 Å². The van der Waals surface area contributed by atoms with E-state index in [2.05, 4.69) is 20.1 Å². The van der Waals surface area contributed by atoms with Gasteiger partial charge < -0.3 is 29.7 Å². The standard InChI is InChI=1S/C22H30N4O3.HI/c1-4-29-21-15-17(9-10-20(21)28-3)16-24-22(23-2)26-13-11-25(12-14-26)18-7-5-6-8-19(18)27;/h5-10,15,27H,4,11-14,16H2,1-3H3,(H,23,24);1H. The first kappa shape index (κ1) is 23.9. The van der Waals surface area contributed by atoms with Gasteiger partial charge in [0.05, 0.1) is 19.4 Å². The third-order valence-corrected chi connectivity index (χ3v) is 4.99. The zero-order valence-electron chi connectivity index (χ0n) is 17.8. The van der Waals surface area contributed by atoms with E-state index in [4.69, 9.17) is 9.47 Å². The Morgan fingerprint density at radius 2 is 1.83 bits per heavy atom. The molecule has 0 radical (unpaired) electrons. The molecular formula is C22H31IN4O3. The van der Waals surface area contributed by atoms with Gasteiger partial charge in [0.25, 0.3) is 0 Å². The molecule has 2 N–H and O–H groups in total. The predicted molar refractivity (Wildman–Crippen MR) is 132 cm³/mol. The molecule has 0 aromatic heterocycles. The number of nitrogens with one attached hydrogen (secondary N) is 1. The van der Waals surface area contributed by atoms with Gasteiger partial charge in [0, 0.05) is 39.8 Å². The van der Waals surface area contributed by atoms with Crippen molar-refractivity contribution in [3.63, 3.8) is 0 Å². The molecule has 1 fully saturated rings. The summed E-state index contributed by atoms with van der Waals surface area (Å²) in [5, 5.41) is 13.5. The quantitative estimate of drug-likeness (QED) is 0.342. The van der Waals surface area contributed by atoms with Crippen LogP contribution in [-0.4, -0.2) is 62.9 Å². The van der Waals surface area contributed by atoms with Crippen molar-refractivity contribution >= 4 is 35.6 Å². The van der Waals surface area contributed by atoms with E-state index in [0.717, 1.165) is 54.9 Å². The predicted octanol–water partition coefficient (Wildman–Crippen LogP) is 3.32. The number of anilines is 1. The highest BCUT2D eigenvalue weighted by atomic mass is 127. The minimum atomic E-state index is 0. The minimum Gasteiger partial charge on any atom is -0.506 e. The SMILES string of the molecule is CCOc1cc(CNC(=NC)N2CCN(c3ccccc3O)CC2)ccc1OC.I. The third kappa shape index (κ3) is 5.84. The minimum absolute atomic E-state index is 0. The second kappa shape index (κ2) is 11.7. The number of ether oxygens (including phenoxy) is 2. The molecule has 7 nitrogen and oxygen atoms in total. The molecule has 30 heavy (non-hydrogen) atoms. The third-order valence-electron chi connectivity index (χ3n) is 4.99. The number of piperazine rings is 1. The van der Waals surface area contributed by atoms with Crippen LogP contribution in [0.2, 0.25) is 0 Å². The fourth-order valence-corrected chi connectivity index (χ4v) is 3.50. The molecule has 2 aromatic carbocycles. The first-order chi connectivity index (χ1) is 14.2. The van der Waals surface area contributed by atoms with E-state index in [-0.39, 0.29) is 24.0 Å². The zero-order valence-corrected chi connectivity index (χ0v) is 20.1. The van der Waals surface area contributed by atoms with Crippen molar-refractivity contribution in [2.75, 3.05) is 51.8 Å². The molecule has 0 aliphatic carbocycles. The van der Waals surface area contributed by atoms with Crippen LogP contribution in [0.1, 0.15) is 12.5 Å². The van der Waals surface area contributed by atoms with E-state index >= 15 is 0 Å². The van der Waals surface area contributed by atoms with Crippen molar-refractivity contribution in [2.45, 2.75) is 13.5 Å². The van der Waals surface area contributed by atoms with Gasteiger partial charge in [0.1, 0.15) is 5.75 Å². The van der Waals surface area contributed by atoms with Gasteiger partial charge in [-0.1, -0.05) is 18.2 Å². The second-order valence-corrected chi connectivity index (χ2v) is 6.78. The lowest BCUT2D eigenvalue weighted by Gasteiger charge is -2.37. The number of phenols is 1. The number of nitrogens with zero attached hydrogens (tertiary/aromatic N) is 3. The molecule has 0 unspecified atom stereocenters. The van der Waals surface area contributed by atoms with E-state index in [1.165, 1.54) is 0 Å². The average Bonchev–Trinajstić information content (AvgIpc) is 2.75. The molecule has 0 atom stereocenters. The molecule has 3 rings (SSSR count). The Kier molecular flexibility index (Phi) is 9.35. The normalized spacial score (nSPS) is 14.2. The van der Waals surface area contributed by atoms with Gasteiger partial charge in [-0.25, -0.2) is 0 Å². The van der Waals surface area contributed by atoms with E-state index in [1.807, 2.05) is 43.3 Å². The van der Waals surface area contributed by atoms with Crippen molar-refractivity contribution in [1.29, 1.82) is 0 Å². The molecule has 164 valence electrons. The number of aromatic hydroxyl groups is 1. The number of methoxy groups -OCH3 is 1. The first-order valence-corrected chi connectivity index (χ1v) is 9.94. The fraction of sp³-hybridized carbons (Fsp3) is 0.409. The molecule has 2 aromatic rings. The van der Waals surface area contributed by atoms with E-state index in [0.29, 0.717) is 18.9 Å². The number of benzene rings is 2. The van der Waals surface area contributed by atoms with Gasteiger partial charge in [-0.2, -0.15) is 0 Å². The Morgan fingerprint density at radius 3 is 2.47 bits per heavy atom. The van der Waals surface area contributed by atoms with Crippen molar-refractivity contribution in [3.05, 3.63) is 48.0 Å². The van der Waals surface area contributed by atoms with Crippen LogP contribution in [0.15, 0.2) is 47.5 Å². The summed E-state index contributed by atoms with van der Waals surface area (Å²) in [6.45, 7) is 6.53. The summed E-state index contributed by atoms with van der Waals surface area (Å²) in [5.74, 6) is 2.68. The van der Waals surface area contributed by atoms with Crippen molar-refractivity contribution in [2.24, 2.45) is 4.99 Å². The fourth-order valence-electron chi connectivity index (χ4n) is 3.50. The van der Waals surface area contributed by atoms with Crippen LogP contribution < -0.4 is 19.7 Å². The number of phenolic OH excluding ortho intramolecular Hbond substituents is 1. The zero-order chi connectivity index (χ0) is 20.6. The summed E-state index contributed by atoms with van der Waals surface area (Å²) in [6.07, 6.45) is 0. The second-order valence-electron chi connectivity index (χ2n) is 6.78. The summed E-state index contributed by atoms with van der Waals surface area (Å²) in [6, 6.07) is 13.4. The molecule has 1 aliphatic rings. The summed E-state index contributed by atoms with van der Waals surface area (Å²) in [5.41, 5.74) is 1.99. The van der Waals surface area contributed by atoms with Crippen molar-refractivity contribution < 1.29 is 14.6 Å². The van der Waals surface area contributed by atoms with Gasteiger partial charge >= 0.3 is 0 Å². The molecule has 1 aliphatic heterocycles. The monoisotopic (exact) mass is 526 g/mol. The number of hydrogen-bond acceptors (Lipinski definition) is 5. The number of aliphatic imine (C=N–C) groups is 1. The largest absolute Gasteiger partial charge is 0.506 e. The summed E-state index contributed by atoms with van der Waals surface area (Å²) in [7, 11) is 3.45. The average molecular weight is 526 g/mol. The van der Waals surface area contributed by atoms with Crippen LogP contribution in [-0.2, 0) is 6.54 Å². The van der Waals surface area contributed by atoms with Crippen LogP contribution in [0, 0.1) is 0 Å². The van der Waals surface area contributed by atoms with Crippen LogP contribution in [0.3, 0.4) is 0 Å². The van der Waals surface area contributed by atoms with E-state index < -0.39 is 0 Å². The summed E-state index contributed by atoms with van der Waals surface area (Å²) in [4.78, 5) is 8.89. The number of rotatable bonds is 6. The summed E-state index contributed by atoms with van der Waals surface area (Å²) < 4.78 is 11.0. The van der Waals surface area contributed by atoms with Crippen LogP contribution in [0.4, 0.5) is 5.69 Å². The molecule has 0 amide bonds. The van der Waals surface area contributed by atoms with Crippen LogP contribution in [0.25, 0.3) is 0 Å². The molecule has 0 spiro atoms. The first-order valence-electron chi connectivity index (χ1n) is 9.94. The van der Waals surface area contributed by atoms with Gasteiger partial charge in [-0.3, -0.25) is 4.99 Å².